The van der Waals surface area contributed by atoms with E-state index in [0.717, 1.165) is 6.08 Å². The van der Waals surface area contributed by atoms with Crippen LogP contribution in [-0.4, -0.2) is 17.0 Å². The molecule has 2 rings (SSSR count). The minimum Gasteiger partial charge on any atom is -0.478 e. The summed E-state index contributed by atoms with van der Waals surface area (Å²) in [5, 5.41) is 11.1. The molecule has 4 nitrogen and oxygen atoms in total. The Hall–Kier alpha value is -2.10. The van der Waals surface area contributed by atoms with Gasteiger partial charge in [-0.1, -0.05) is 18.2 Å². The Bertz CT molecular complexity index is 448. The topological polar surface area (TPSA) is 66.4 Å². The number of amides is 1. The number of fused-ring (bicyclic) bond motifs is 1. The minimum absolute atomic E-state index is 0.256. The first kappa shape index (κ1) is 8.50. The maximum Gasteiger partial charge on any atom is 0.330 e. The van der Waals surface area contributed by atoms with Gasteiger partial charge in [0.15, 0.2) is 0 Å². The van der Waals surface area contributed by atoms with Gasteiger partial charge in [-0.2, -0.15) is 0 Å². The van der Waals surface area contributed by atoms with Crippen molar-refractivity contribution in [2.45, 2.75) is 0 Å². The third kappa shape index (κ3) is 1.26. The molecule has 0 unspecified atom stereocenters. The minimum atomic E-state index is -1.07. The highest BCUT2D eigenvalue weighted by molar-refractivity contribution is 6.11. The summed E-state index contributed by atoms with van der Waals surface area (Å²) in [4.78, 5) is 21.8. The van der Waals surface area contributed by atoms with E-state index in [9.17, 15) is 9.59 Å². The lowest BCUT2D eigenvalue weighted by molar-refractivity contribution is -0.131. The lowest BCUT2D eigenvalue weighted by Gasteiger charge is -1.95. The normalized spacial score (nSPS) is 16.6. The molecular formula is C10H7NO3. The van der Waals surface area contributed by atoms with Crippen molar-refractivity contribution in [2.75, 3.05) is 0 Å². The van der Waals surface area contributed by atoms with Gasteiger partial charge in [0.25, 0.3) is 5.91 Å². The first-order valence-electron chi connectivity index (χ1n) is 4.04. The molecular weight excluding hydrogens is 182 g/mol. The highest BCUT2D eigenvalue weighted by Crippen LogP contribution is 2.23. The Balaban J connectivity index is 2.54. The highest BCUT2D eigenvalue weighted by atomic mass is 16.4. The maximum absolute atomic E-state index is 11.3. The summed E-state index contributed by atoms with van der Waals surface area (Å²) >= 11 is 0. The van der Waals surface area contributed by atoms with E-state index in [-0.39, 0.29) is 5.91 Å². The molecule has 2 N–H and O–H groups in total. The first-order chi connectivity index (χ1) is 6.68. The Kier molecular flexibility index (Phi) is 1.81. The van der Waals surface area contributed by atoms with Crippen molar-refractivity contribution in [2.24, 2.45) is 0 Å². The van der Waals surface area contributed by atoms with Crippen molar-refractivity contribution < 1.29 is 14.7 Å². The first-order valence-corrected chi connectivity index (χ1v) is 4.04. The number of carboxylic acid groups (broad SMARTS) is 1. The van der Waals surface area contributed by atoms with E-state index in [0.29, 0.717) is 16.8 Å². The SMILES string of the molecule is O=C(O)/C=C1/NC(=O)c2ccccc21. The van der Waals surface area contributed by atoms with E-state index in [2.05, 4.69) is 5.32 Å². The Morgan fingerprint density at radius 1 is 1.29 bits per heavy atom. The lowest BCUT2D eigenvalue weighted by atomic mass is 10.1. The van der Waals surface area contributed by atoms with Crippen LogP contribution in [0.2, 0.25) is 0 Å². The molecule has 0 atom stereocenters. The predicted molar refractivity (Wildman–Crippen MR) is 49.5 cm³/mol. The average molecular weight is 189 g/mol. The summed E-state index contributed by atoms with van der Waals surface area (Å²) < 4.78 is 0. The fraction of sp³-hybridized carbons (Fsp3) is 0. The number of hydrogen-bond donors (Lipinski definition) is 2. The molecule has 0 radical (unpaired) electrons. The molecule has 0 aromatic heterocycles. The van der Waals surface area contributed by atoms with E-state index in [1.165, 1.54) is 0 Å². The number of rotatable bonds is 1. The Labute approximate surface area is 79.9 Å². The van der Waals surface area contributed by atoms with Crippen LogP contribution in [0.15, 0.2) is 30.3 Å². The molecule has 0 spiro atoms. The number of carbonyl (C=O) groups is 2. The van der Waals surface area contributed by atoms with Crippen molar-refractivity contribution in [1.29, 1.82) is 0 Å². The van der Waals surface area contributed by atoms with Crippen molar-refractivity contribution in [3.8, 4) is 0 Å². The number of benzene rings is 1. The van der Waals surface area contributed by atoms with Gasteiger partial charge in [0.05, 0.1) is 5.70 Å². The van der Waals surface area contributed by atoms with E-state index < -0.39 is 5.97 Å². The van der Waals surface area contributed by atoms with Crippen LogP contribution in [0.3, 0.4) is 0 Å². The van der Waals surface area contributed by atoms with Crippen molar-refractivity contribution in [1.82, 2.24) is 5.32 Å². The van der Waals surface area contributed by atoms with Crippen LogP contribution in [0.25, 0.3) is 5.70 Å². The molecule has 1 aromatic rings. The summed E-state index contributed by atoms with van der Waals surface area (Å²) in [6.07, 6.45) is 0.990. The lowest BCUT2D eigenvalue weighted by Crippen LogP contribution is -2.12. The number of carbonyl (C=O) groups excluding carboxylic acids is 1. The van der Waals surface area contributed by atoms with Gasteiger partial charge in [0, 0.05) is 17.2 Å². The summed E-state index contributed by atoms with van der Waals surface area (Å²) in [6.45, 7) is 0. The second-order valence-corrected chi connectivity index (χ2v) is 2.90. The van der Waals surface area contributed by atoms with E-state index in [1.807, 2.05) is 0 Å². The van der Waals surface area contributed by atoms with Gasteiger partial charge in [-0.15, -0.1) is 0 Å². The van der Waals surface area contributed by atoms with Crippen LogP contribution in [-0.2, 0) is 4.79 Å². The van der Waals surface area contributed by atoms with Gasteiger partial charge in [0.1, 0.15) is 0 Å². The molecule has 0 saturated heterocycles. The van der Waals surface area contributed by atoms with Crippen LogP contribution in [0.4, 0.5) is 0 Å². The van der Waals surface area contributed by atoms with Gasteiger partial charge in [0.2, 0.25) is 0 Å². The second kappa shape index (κ2) is 2.99. The molecule has 1 aliphatic heterocycles. The molecule has 70 valence electrons. The van der Waals surface area contributed by atoms with Crippen LogP contribution in [0.1, 0.15) is 15.9 Å². The largest absolute Gasteiger partial charge is 0.478 e. The number of nitrogens with one attached hydrogen (secondary N) is 1. The Morgan fingerprint density at radius 2 is 1.93 bits per heavy atom. The summed E-state index contributed by atoms with van der Waals surface area (Å²) in [5.74, 6) is -1.33. The predicted octanol–water partition coefficient (Wildman–Crippen LogP) is 0.856. The molecule has 1 heterocycles. The third-order valence-corrected chi connectivity index (χ3v) is 1.98. The number of aliphatic carboxylic acids is 1. The fourth-order valence-electron chi connectivity index (χ4n) is 1.41. The molecule has 1 amide bonds. The molecule has 1 aromatic carbocycles. The zero-order valence-corrected chi connectivity index (χ0v) is 7.15. The molecule has 0 bridgehead atoms. The molecule has 1 aliphatic rings. The molecule has 14 heavy (non-hydrogen) atoms. The standard InChI is InChI=1S/C10H7NO3/c12-9(13)5-8-6-3-1-2-4-7(6)10(14)11-8/h1-5H,(H,11,14)(H,12,13)/b8-5+. The molecule has 0 fully saturated rings. The molecule has 0 saturated carbocycles. The van der Waals surface area contributed by atoms with Crippen LogP contribution in [0.5, 0.6) is 0 Å². The fourth-order valence-corrected chi connectivity index (χ4v) is 1.41. The van der Waals surface area contributed by atoms with Gasteiger partial charge in [-0.05, 0) is 6.07 Å². The quantitative estimate of drug-likeness (QED) is 0.644. The zero-order valence-electron chi connectivity index (χ0n) is 7.15. The second-order valence-electron chi connectivity index (χ2n) is 2.90. The van der Waals surface area contributed by atoms with Crippen LogP contribution >= 0.6 is 0 Å². The van der Waals surface area contributed by atoms with Crippen LogP contribution in [0, 0.1) is 0 Å². The van der Waals surface area contributed by atoms with Gasteiger partial charge >= 0.3 is 5.97 Å². The molecule has 4 heteroatoms. The molecule has 0 aliphatic carbocycles. The summed E-state index contributed by atoms with van der Waals surface area (Å²) in [7, 11) is 0. The highest BCUT2D eigenvalue weighted by Gasteiger charge is 2.23. The number of hydrogen-bond acceptors (Lipinski definition) is 2. The van der Waals surface area contributed by atoms with Crippen molar-refractivity contribution >= 4 is 17.6 Å². The van der Waals surface area contributed by atoms with E-state index in [4.69, 9.17) is 5.11 Å². The van der Waals surface area contributed by atoms with E-state index >= 15 is 0 Å². The smallest absolute Gasteiger partial charge is 0.330 e. The van der Waals surface area contributed by atoms with Crippen molar-refractivity contribution in [3.05, 3.63) is 41.5 Å². The van der Waals surface area contributed by atoms with E-state index in [1.54, 1.807) is 24.3 Å². The van der Waals surface area contributed by atoms with Gasteiger partial charge in [-0.3, -0.25) is 4.79 Å². The van der Waals surface area contributed by atoms with Crippen LogP contribution < -0.4 is 5.32 Å². The van der Waals surface area contributed by atoms with Crippen molar-refractivity contribution in [3.63, 3.8) is 0 Å². The Morgan fingerprint density at radius 3 is 2.57 bits per heavy atom. The van der Waals surface area contributed by atoms with Gasteiger partial charge < -0.3 is 10.4 Å². The van der Waals surface area contributed by atoms with Gasteiger partial charge in [-0.25, -0.2) is 4.79 Å². The maximum atomic E-state index is 11.3. The average Bonchev–Trinajstić information content (AvgIpc) is 2.44. The summed E-state index contributed by atoms with van der Waals surface area (Å²) in [6, 6.07) is 6.87. The number of carboxylic acids is 1. The third-order valence-electron chi connectivity index (χ3n) is 1.98. The monoisotopic (exact) mass is 189 g/mol. The zero-order chi connectivity index (χ0) is 10.1. The summed E-state index contributed by atoms with van der Waals surface area (Å²) in [5.41, 5.74) is 1.50.